The van der Waals surface area contributed by atoms with Crippen LogP contribution in [0, 0.1) is 13.8 Å². The van der Waals surface area contributed by atoms with Crippen molar-refractivity contribution in [2.75, 3.05) is 6.54 Å². The van der Waals surface area contributed by atoms with Crippen molar-refractivity contribution < 1.29 is 0 Å². The molecule has 124 valence electrons. The standard InChI is InChI=1S/C19H23N5/c1-14-8-15(2)24(22-14)12-17-5-3-4-16(9-17)11-23-7-6-19-18(13-23)10-20-21-19/h3-5,8-10H,6-7,11-13H2,1-2H3,(H,20,21). The first kappa shape index (κ1) is 15.1. The van der Waals surface area contributed by atoms with Crippen molar-refractivity contribution in [3.8, 4) is 0 Å². The van der Waals surface area contributed by atoms with E-state index in [1.54, 1.807) is 0 Å². The number of rotatable bonds is 4. The fourth-order valence-electron chi connectivity index (χ4n) is 3.51. The second-order valence-electron chi connectivity index (χ2n) is 6.74. The van der Waals surface area contributed by atoms with E-state index in [-0.39, 0.29) is 0 Å². The third-order valence-corrected chi connectivity index (χ3v) is 4.71. The van der Waals surface area contributed by atoms with E-state index in [2.05, 4.69) is 62.1 Å². The molecule has 0 bridgehead atoms. The summed E-state index contributed by atoms with van der Waals surface area (Å²) in [5.41, 5.74) is 7.58. The Morgan fingerprint density at radius 1 is 1.12 bits per heavy atom. The minimum atomic E-state index is 0.833. The molecule has 1 N–H and O–H groups in total. The van der Waals surface area contributed by atoms with Crippen LogP contribution in [0.15, 0.2) is 36.5 Å². The Bertz CT molecular complexity index is 845. The fraction of sp³-hybridized carbons (Fsp3) is 0.368. The van der Waals surface area contributed by atoms with Crippen molar-refractivity contribution >= 4 is 0 Å². The van der Waals surface area contributed by atoms with Gasteiger partial charge in [-0.2, -0.15) is 10.2 Å². The summed E-state index contributed by atoms with van der Waals surface area (Å²) in [6, 6.07) is 11.0. The maximum atomic E-state index is 4.57. The quantitative estimate of drug-likeness (QED) is 0.804. The number of benzene rings is 1. The van der Waals surface area contributed by atoms with E-state index in [1.807, 2.05) is 13.1 Å². The van der Waals surface area contributed by atoms with Crippen molar-refractivity contribution in [2.24, 2.45) is 0 Å². The predicted octanol–water partition coefficient (Wildman–Crippen LogP) is 2.83. The van der Waals surface area contributed by atoms with Crippen LogP contribution < -0.4 is 0 Å². The number of nitrogens with one attached hydrogen (secondary N) is 1. The lowest BCUT2D eigenvalue weighted by molar-refractivity contribution is 0.244. The van der Waals surface area contributed by atoms with E-state index >= 15 is 0 Å². The van der Waals surface area contributed by atoms with Crippen LogP contribution in [0.1, 0.15) is 33.8 Å². The van der Waals surface area contributed by atoms with Crippen LogP contribution in [0.5, 0.6) is 0 Å². The molecule has 0 unspecified atom stereocenters. The average molecular weight is 321 g/mol. The predicted molar refractivity (Wildman–Crippen MR) is 93.7 cm³/mol. The lowest BCUT2D eigenvalue weighted by Crippen LogP contribution is -2.29. The minimum Gasteiger partial charge on any atom is -0.294 e. The molecule has 0 saturated heterocycles. The third kappa shape index (κ3) is 3.12. The smallest absolute Gasteiger partial charge is 0.0662 e. The monoisotopic (exact) mass is 321 g/mol. The number of H-pyrrole nitrogens is 1. The van der Waals surface area contributed by atoms with E-state index < -0.39 is 0 Å². The first-order valence-corrected chi connectivity index (χ1v) is 8.50. The van der Waals surface area contributed by atoms with Crippen LogP contribution in [0.4, 0.5) is 0 Å². The maximum Gasteiger partial charge on any atom is 0.0662 e. The summed E-state index contributed by atoms with van der Waals surface area (Å²) in [6.45, 7) is 8.03. The summed E-state index contributed by atoms with van der Waals surface area (Å²) in [7, 11) is 0. The van der Waals surface area contributed by atoms with Crippen LogP contribution in [0.2, 0.25) is 0 Å². The van der Waals surface area contributed by atoms with Gasteiger partial charge < -0.3 is 0 Å². The molecule has 0 atom stereocenters. The van der Waals surface area contributed by atoms with E-state index in [0.29, 0.717) is 0 Å². The Balaban J connectivity index is 1.46. The Kier molecular flexibility index (Phi) is 3.94. The highest BCUT2D eigenvalue weighted by atomic mass is 15.3. The van der Waals surface area contributed by atoms with Crippen molar-refractivity contribution in [1.82, 2.24) is 24.9 Å². The lowest BCUT2D eigenvalue weighted by Gasteiger charge is -2.26. The summed E-state index contributed by atoms with van der Waals surface area (Å²) < 4.78 is 2.08. The Morgan fingerprint density at radius 2 is 1.96 bits per heavy atom. The molecule has 0 radical (unpaired) electrons. The zero-order chi connectivity index (χ0) is 16.5. The summed E-state index contributed by atoms with van der Waals surface area (Å²) >= 11 is 0. The largest absolute Gasteiger partial charge is 0.294 e. The summed E-state index contributed by atoms with van der Waals surface area (Å²) in [5, 5.41) is 11.8. The van der Waals surface area contributed by atoms with Crippen LogP contribution in [0.3, 0.4) is 0 Å². The molecule has 1 aliphatic rings. The first-order chi connectivity index (χ1) is 11.7. The van der Waals surface area contributed by atoms with Gasteiger partial charge in [0.25, 0.3) is 0 Å². The molecule has 0 saturated carbocycles. The highest BCUT2D eigenvalue weighted by Crippen LogP contribution is 2.19. The summed E-state index contributed by atoms with van der Waals surface area (Å²) in [4.78, 5) is 2.49. The molecule has 1 aliphatic heterocycles. The summed E-state index contributed by atoms with van der Waals surface area (Å²) in [6.07, 6.45) is 3.02. The van der Waals surface area contributed by atoms with Crippen molar-refractivity contribution in [2.45, 2.75) is 39.9 Å². The van der Waals surface area contributed by atoms with Crippen LogP contribution in [0.25, 0.3) is 0 Å². The maximum absolute atomic E-state index is 4.57. The van der Waals surface area contributed by atoms with Crippen LogP contribution >= 0.6 is 0 Å². The first-order valence-electron chi connectivity index (χ1n) is 8.50. The molecule has 4 rings (SSSR count). The molecule has 1 aromatic carbocycles. The van der Waals surface area contributed by atoms with E-state index in [0.717, 1.165) is 38.3 Å². The van der Waals surface area contributed by atoms with Gasteiger partial charge in [0.1, 0.15) is 0 Å². The van der Waals surface area contributed by atoms with Crippen molar-refractivity contribution in [3.63, 3.8) is 0 Å². The number of hydrogen-bond donors (Lipinski definition) is 1. The number of nitrogens with zero attached hydrogens (tertiary/aromatic N) is 4. The molecule has 0 fully saturated rings. The zero-order valence-corrected chi connectivity index (χ0v) is 14.3. The Hall–Kier alpha value is -2.40. The van der Waals surface area contributed by atoms with E-state index in [4.69, 9.17) is 0 Å². The van der Waals surface area contributed by atoms with E-state index in [1.165, 1.54) is 28.1 Å². The second-order valence-corrected chi connectivity index (χ2v) is 6.74. The molecule has 3 heterocycles. The number of hydrogen-bond acceptors (Lipinski definition) is 3. The van der Waals surface area contributed by atoms with Gasteiger partial charge in [0.15, 0.2) is 0 Å². The minimum absolute atomic E-state index is 0.833. The van der Waals surface area contributed by atoms with E-state index in [9.17, 15) is 0 Å². The second kappa shape index (κ2) is 6.24. The molecule has 0 amide bonds. The Morgan fingerprint density at radius 3 is 2.75 bits per heavy atom. The van der Waals surface area contributed by atoms with Gasteiger partial charge in [0.05, 0.1) is 18.4 Å². The van der Waals surface area contributed by atoms with Crippen LogP contribution in [-0.4, -0.2) is 31.4 Å². The topological polar surface area (TPSA) is 49.7 Å². The van der Waals surface area contributed by atoms with Gasteiger partial charge >= 0.3 is 0 Å². The molecule has 5 nitrogen and oxygen atoms in total. The number of aryl methyl sites for hydroxylation is 2. The molecular formula is C19H23N5. The highest BCUT2D eigenvalue weighted by molar-refractivity contribution is 5.25. The van der Waals surface area contributed by atoms with Gasteiger partial charge in [-0.3, -0.25) is 14.7 Å². The van der Waals surface area contributed by atoms with Crippen molar-refractivity contribution in [3.05, 3.63) is 70.3 Å². The molecule has 0 spiro atoms. The molecule has 24 heavy (non-hydrogen) atoms. The molecule has 5 heteroatoms. The fourth-order valence-corrected chi connectivity index (χ4v) is 3.51. The van der Waals surface area contributed by atoms with Crippen LogP contribution in [-0.2, 0) is 26.1 Å². The summed E-state index contributed by atoms with van der Waals surface area (Å²) in [5.74, 6) is 0. The van der Waals surface area contributed by atoms with Crippen molar-refractivity contribution in [1.29, 1.82) is 0 Å². The average Bonchev–Trinajstić information content (AvgIpc) is 3.13. The molecular weight excluding hydrogens is 298 g/mol. The number of aromatic amines is 1. The molecule has 2 aromatic heterocycles. The van der Waals surface area contributed by atoms with Gasteiger partial charge in [-0.05, 0) is 31.0 Å². The van der Waals surface area contributed by atoms with Gasteiger partial charge in [-0.25, -0.2) is 0 Å². The number of fused-ring (bicyclic) bond motifs is 1. The Labute approximate surface area is 142 Å². The SMILES string of the molecule is Cc1cc(C)n(Cc2cccc(CN3CCc4[nH]ncc4C3)c2)n1. The number of aromatic nitrogens is 4. The van der Waals surface area contributed by atoms with Gasteiger partial charge in [-0.15, -0.1) is 0 Å². The zero-order valence-electron chi connectivity index (χ0n) is 14.3. The van der Waals surface area contributed by atoms with Gasteiger partial charge in [0, 0.05) is 43.0 Å². The highest BCUT2D eigenvalue weighted by Gasteiger charge is 2.17. The third-order valence-electron chi connectivity index (χ3n) is 4.71. The normalized spacial score (nSPS) is 14.8. The van der Waals surface area contributed by atoms with Gasteiger partial charge in [0.2, 0.25) is 0 Å². The molecule has 3 aromatic rings. The lowest BCUT2D eigenvalue weighted by atomic mass is 10.1. The molecule has 0 aliphatic carbocycles. The van der Waals surface area contributed by atoms with Gasteiger partial charge in [-0.1, -0.05) is 24.3 Å².